The number of nitrogens with one attached hydrogen (secondary N) is 1. The van der Waals surface area contributed by atoms with E-state index in [4.69, 9.17) is 5.11 Å². The maximum Gasteiger partial charge on any atom is 0.322 e. The standard InChI is InChI=1S/C12H16N2O6S/c1-7(2)11(12(15)16)13-21(19,20)9-5-4-8(3)10(6-9)14(17)18/h4-7,11,13H,1-3H3,(H,15,16)/t11-/m1/s1. The van der Waals surface area contributed by atoms with Crippen LogP contribution in [0.15, 0.2) is 23.1 Å². The van der Waals surface area contributed by atoms with Crippen molar-refractivity contribution in [2.45, 2.75) is 31.7 Å². The van der Waals surface area contributed by atoms with E-state index < -0.39 is 32.9 Å². The number of benzene rings is 1. The number of hydrogen-bond acceptors (Lipinski definition) is 5. The van der Waals surface area contributed by atoms with E-state index in [2.05, 4.69) is 0 Å². The molecule has 0 spiro atoms. The van der Waals surface area contributed by atoms with E-state index in [1.165, 1.54) is 19.1 Å². The number of nitrogens with zero attached hydrogens (tertiary/aromatic N) is 1. The van der Waals surface area contributed by atoms with Crippen LogP contribution >= 0.6 is 0 Å². The predicted molar refractivity (Wildman–Crippen MR) is 74.4 cm³/mol. The number of carbonyl (C=O) groups is 1. The first-order valence-electron chi connectivity index (χ1n) is 6.06. The summed E-state index contributed by atoms with van der Waals surface area (Å²) in [5.41, 5.74) is -0.0214. The van der Waals surface area contributed by atoms with Gasteiger partial charge in [0.1, 0.15) is 6.04 Å². The minimum Gasteiger partial charge on any atom is -0.480 e. The van der Waals surface area contributed by atoms with Crippen LogP contribution in [-0.2, 0) is 14.8 Å². The summed E-state index contributed by atoms with van der Waals surface area (Å²) in [5, 5.41) is 19.8. The van der Waals surface area contributed by atoms with Crippen molar-refractivity contribution in [2.75, 3.05) is 0 Å². The molecule has 8 nitrogen and oxygen atoms in total. The molecule has 0 aliphatic rings. The number of sulfonamides is 1. The first-order valence-corrected chi connectivity index (χ1v) is 7.54. The summed E-state index contributed by atoms with van der Waals surface area (Å²) in [6.07, 6.45) is 0. The minimum absolute atomic E-state index is 0.317. The average Bonchev–Trinajstić information content (AvgIpc) is 2.35. The molecule has 116 valence electrons. The van der Waals surface area contributed by atoms with Crippen molar-refractivity contribution in [3.8, 4) is 0 Å². The Bertz CT molecular complexity index is 668. The highest BCUT2D eigenvalue weighted by Gasteiger charge is 2.29. The second-order valence-electron chi connectivity index (χ2n) is 4.89. The maximum absolute atomic E-state index is 12.1. The largest absolute Gasteiger partial charge is 0.480 e. The molecule has 0 bridgehead atoms. The minimum atomic E-state index is -4.16. The van der Waals surface area contributed by atoms with Gasteiger partial charge in [-0.05, 0) is 18.9 Å². The van der Waals surface area contributed by atoms with Gasteiger partial charge in [0, 0.05) is 11.6 Å². The highest BCUT2D eigenvalue weighted by molar-refractivity contribution is 7.89. The van der Waals surface area contributed by atoms with Crippen LogP contribution in [-0.4, -0.2) is 30.5 Å². The molecule has 0 saturated heterocycles. The predicted octanol–water partition coefficient (Wildman–Crippen LogP) is 1.29. The van der Waals surface area contributed by atoms with E-state index in [-0.39, 0.29) is 10.6 Å². The first-order chi connectivity index (χ1) is 9.56. The normalized spacial score (nSPS) is 13.1. The zero-order valence-electron chi connectivity index (χ0n) is 11.7. The summed E-state index contributed by atoms with van der Waals surface area (Å²) >= 11 is 0. The number of carboxylic acid groups (broad SMARTS) is 1. The molecule has 1 rings (SSSR count). The molecule has 9 heteroatoms. The van der Waals surface area contributed by atoms with Crippen molar-refractivity contribution in [2.24, 2.45) is 5.92 Å². The van der Waals surface area contributed by atoms with Crippen LogP contribution in [0.1, 0.15) is 19.4 Å². The molecule has 0 aliphatic carbocycles. The summed E-state index contributed by atoms with van der Waals surface area (Å²) in [6, 6.07) is 2.11. The van der Waals surface area contributed by atoms with Gasteiger partial charge in [-0.15, -0.1) is 0 Å². The van der Waals surface area contributed by atoms with Gasteiger partial charge in [0.25, 0.3) is 5.69 Å². The van der Waals surface area contributed by atoms with Crippen LogP contribution in [0.4, 0.5) is 5.69 Å². The molecule has 2 N–H and O–H groups in total. The quantitative estimate of drug-likeness (QED) is 0.601. The molecule has 1 aromatic carbocycles. The summed E-state index contributed by atoms with van der Waals surface area (Å²) in [7, 11) is -4.16. The summed E-state index contributed by atoms with van der Waals surface area (Å²) in [6.45, 7) is 4.59. The summed E-state index contributed by atoms with van der Waals surface area (Å²) < 4.78 is 26.3. The molecule has 0 amide bonds. The van der Waals surface area contributed by atoms with E-state index in [9.17, 15) is 23.3 Å². The van der Waals surface area contributed by atoms with Crippen molar-refractivity contribution in [3.05, 3.63) is 33.9 Å². The van der Waals surface area contributed by atoms with Gasteiger partial charge >= 0.3 is 5.97 Å². The van der Waals surface area contributed by atoms with Gasteiger partial charge in [-0.3, -0.25) is 14.9 Å². The van der Waals surface area contributed by atoms with Gasteiger partial charge in [0.05, 0.1) is 9.82 Å². The van der Waals surface area contributed by atoms with Gasteiger partial charge < -0.3 is 5.11 Å². The molecule has 21 heavy (non-hydrogen) atoms. The molecular weight excluding hydrogens is 300 g/mol. The van der Waals surface area contributed by atoms with Crippen LogP contribution in [0.3, 0.4) is 0 Å². The second kappa shape index (κ2) is 6.19. The monoisotopic (exact) mass is 316 g/mol. The number of nitro benzene ring substituents is 1. The smallest absolute Gasteiger partial charge is 0.322 e. The van der Waals surface area contributed by atoms with Crippen LogP contribution in [0, 0.1) is 23.0 Å². The fourth-order valence-corrected chi connectivity index (χ4v) is 3.02. The molecule has 0 radical (unpaired) electrons. The highest BCUT2D eigenvalue weighted by atomic mass is 32.2. The molecule has 0 aromatic heterocycles. The van der Waals surface area contributed by atoms with Crippen LogP contribution in [0.5, 0.6) is 0 Å². The van der Waals surface area contributed by atoms with Gasteiger partial charge in [-0.1, -0.05) is 19.9 Å². The van der Waals surface area contributed by atoms with Crippen LogP contribution in [0.2, 0.25) is 0 Å². The summed E-state index contributed by atoms with van der Waals surface area (Å²) in [4.78, 5) is 20.8. The Morgan fingerprint density at radius 3 is 2.38 bits per heavy atom. The number of hydrogen-bond donors (Lipinski definition) is 2. The third-order valence-corrected chi connectivity index (χ3v) is 4.34. The highest BCUT2D eigenvalue weighted by Crippen LogP contribution is 2.22. The number of rotatable bonds is 6. The van der Waals surface area contributed by atoms with Gasteiger partial charge in [-0.25, -0.2) is 8.42 Å². The van der Waals surface area contributed by atoms with Gasteiger partial charge in [0.15, 0.2) is 0 Å². The first kappa shape index (κ1) is 17.1. The third kappa shape index (κ3) is 3.99. The zero-order chi connectivity index (χ0) is 16.4. The van der Waals surface area contributed by atoms with Crippen molar-refractivity contribution in [3.63, 3.8) is 0 Å². The Morgan fingerprint density at radius 1 is 1.38 bits per heavy atom. The lowest BCUT2D eigenvalue weighted by Crippen LogP contribution is -2.44. The topological polar surface area (TPSA) is 127 Å². The van der Waals surface area contributed by atoms with E-state index >= 15 is 0 Å². The van der Waals surface area contributed by atoms with Crippen molar-refractivity contribution >= 4 is 21.7 Å². The maximum atomic E-state index is 12.1. The van der Waals surface area contributed by atoms with Gasteiger partial charge in [-0.2, -0.15) is 4.72 Å². The molecule has 1 atom stereocenters. The number of aryl methyl sites for hydroxylation is 1. The Morgan fingerprint density at radius 2 is 1.95 bits per heavy atom. The fraction of sp³-hybridized carbons (Fsp3) is 0.417. The Kier molecular flexibility index (Phi) is 5.02. The molecule has 0 saturated carbocycles. The summed E-state index contributed by atoms with van der Waals surface area (Å²) in [5.74, 6) is -1.78. The lowest BCUT2D eigenvalue weighted by atomic mass is 10.1. The van der Waals surface area contributed by atoms with E-state index in [1.807, 2.05) is 4.72 Å². The van der Waals surface area contributed by atoms with Crippen molar-refractivity contribution in [1.29, 1.82) is 0 Å². The Hall–Kier alpha value is -2.00. The lowest BCUT2D eigenvalue weighted by molar-refractivity contribution is -0.385. The molecule has 0 heterocycles. The van der Waals surface area contributed by atoms with Crippen LogP contribution in [0.25, 0.3) is 0 Å². The Labute approximate surface area is 122 Å². The number of carboxylic acids is 1. The number of aliphatic carboxylic acids is 1. The molecule has 1 aromatic rings. The van der Waals surface area contributed by atoms with E-state index in [0.717, 1.165) is 6.07 Å². The zero-order valence-corrected chi connectivity index (χ0v) is 12.5. The average molecular weight is 316 g/mol. The Balaban J connectivity index is 3.22. The lowest BCUT2D eigenvalue weighted by Gasteiger charge is -2.18. The third-order valence-electron chi connectivity index (χ3n) is 2.90. The SMILES string of the molecule is Cc1ccc(S(=O)(=O)N[C@@H](C(=O)O)C(C)C)cc1[N+](=O)[O-]. The van der Waals surface area contributed by atoms with Crippen LogP contribution < -0.4 is 4.72 Å². The van der Waals surface area contributed by atoms with Crippen molar-refractivity contribution < 1.29 is 23.2 Å². The fourth-order valence-electron chi connectivity index (χ4n) is 1.66. The van der Waals surface area contributed by atoms with Gasteiger partial charge in [0.2, 0.25) is 10.0 Å². The number of nitro groups is 1. The molecule has 0 unspecified atom stereocenters. The van der Waals surface area contributed by atoms with E-state index in [1.54, 1.807) is 13.8 Å². The molecular formula is C12H16N2O6S. The van der Waals surface area contributed by atoms with E-state index in [0.29, 0.717) is 5.56 Å². The molecule has 0 aliphatic heterocycles. The molecule has 0 fully saturated rings. The second-order valence-corrected chi connectivity index (χ2v) is 6.60. The van der Waals surface area contributed by atoms with Crippen molar-refractivity contribution in [1.82, 2.24) is 4.72 Å².